The Kier molecular flexibility index (Phi) is 11.7. The highest BCUT2D eigenvalue weighted by atomic mass is 35.5. The molecule has 154 valence electrons. The molecule has 2 rings (SSSR count). The van der Waals surface area contributed by atoms with Crippen LogP contribution in [0.15, 0.2) is 0 Å². The van der Waals surface area contributed by atoms with Crippen LogP contribution in [0.1, 0.15) is 39.5 Å². The molecular weight excluding hydrogens is 375 g/mol. The van der Waals surface area contributed by atoms with Crippen LogP contribution in [-0.4, -0.2) is 74.0 Å². The number of likely N-dealkylation sites (N-methyl/N-ethyl adjacent to an activating group) is 1. The Balaban J connectivity index is 0.00000312. The molecule has 0 saturated carbocycles. The van der Waals surface area contributed by atoms with Crippen molar-refractivity contribution in [3.05, 3.63) is 0 Å². The number of hydrogen-bond acceptors (Lipinski definition) is 4. The van der Waals surface area contributed by atoms with Crippen LogP contribution < -0.4 is 10.6 Å². The number of carbonyl (C=O) groups is 2. The van der Waals surface area contributed by atoms with Crippen molar-refractivity contribution >= 4 is 36.6 Å². The number of rotatable bonds is 6. The third-order valence-corrected chi connectivity index (χ3v) is 5.21. The fourth-order valence-corrected chi connectivity index (χ4v) is 4.00. The van der Waals surface area contributed by atoms with Crippen molar-refractivity contribution in [3.8, 4) is 0 Å². The number of hydrogen-bond donors (Lipinski definition) is 2. The normalized spacial score (nSPS) is 24.0. The summed E-state index contributed by atoms with van der Waals surface area (Å²) in [7, 11) is 3.94. The van der Waals surface area contributed by atoms with Crippen molar-refractivity contribution < 1.29 is 9.59 Å². The average molecular weight is 411 g/mol. The van der Waals surface area contributed by atoms with Gasteiger partial charge in [-0.25, -0.2) is 0 Å². The van der Waals surface area contributed by atoms with Gasteiger partial charge >= 0.3 is 0 Å². The standard InChI is InChI=1S/C18H34N4O2.2ClH/c1-13(2)16(21(3)4)18(24)22-10-6-7-14(12-22)11-20-17(23)15-8-5-9-19-15;;/h13-16,19H,5-12H2,1-4H3,(H,20,23);2*1H/t14?,15?,16-;;/m0../s1. The number of nitrogens with one attached hydrogen (secondary N) is 2. The van der Waals surface area contributed by atoms with Gasteiger partial charge < -0.3 is 15.5 Å². The Hall–Kier alpha value is -0.560. The Bertz CT molecular complexity index is 435. The van der Waals surface area contributed by atoms with E-state index in [9.17, 15) is 9.59 Å². The van der Waals surface area contributed by atoms with E-state index in [2.05, 4.69) is 24.5 Å². The zero-order valence-electron chi connectivity index (χ0n) is 16.5. The fraction of sp³-hybridized carbons (Fsp3) is 0.889. The fourth-order valence-electron chi connectivity index (χ4n) is 4.00. The van der Waals surface area contributed by atoms with Crippen LogP contribution >= 0.6 is 24.8 Å². The Morgan fingerprint density at radius 3 is 2.42 bits per heavy atom. The summed E-state index contributed by atoms with van der Waals surface area (Å²) < 4.78 is 0. The molecule has 26 heavy (non-hydrogen) atoms. The Morgan fingerprint density at radius 2 is 1.88 bits per heavy atom. The largest absolute Gasteiger partial charge is 0.354 e. The first-order chi connectivity index (χ1) is 11.4. The first-order valence-electron chi connectivity index (χ1n) is 9.36. The number of amides is 2. The molecule has 2 aliphatic heterocycles. The van der Waals surface area contributed by atoms with E-state index in [-0.39, 0.29) is 48.7 Å². The highest BCUT2D eigenvalue weighted by Crippen LogP contribution is 2.20. The molecule has 2 amide bonds. The quantitative estimate of drug-likeness (QED) is 0.696. The van der Waals surface area contributed by atoms with E-state index in [1.807, 2.05) is 23.9 Å². The van der Waals surface area contributed by atoms with E-state index in [0.717, 1.165) is 45.3 Å². The molecule has 2 N–H and O–H groups in total. The summed E-state index contributed by atoms with van der Waals surface area (Å²) in [6.07, 6.45) is 4.10. The van der Waals surface area contributed by atoms with Crippen LogP contribution in [0.5, 0.6) is 0 Å². The summed E-state index contributed by atoms with van der Waals surface area (Å²) in [4.78, 5) is 29.0. The summed E-state index contributed by atoms with van der Waals surface area (Å²) in [6, 6.07) is -0.0913. The maximum absolute atomic E-state index is 12.9. The molecule has 6 nitrogen and oxygen atoms in total. The van der Waals surface area contributed by atoms with Crippen molar-refractivity contribution in [2.75, 3.05) is 40.3 Å². The molecule has 0 aromatic heterocycles. The van der Waals surface area contributed by atoms with Gasteiger partial charge in [-0.3, -0.25) is 14.5 Å². The van der Waals surface area contributed by atoms with Crippen molar-refractivity contribution in [2.45, 2.75) is 51.6 Å². The second-order valence-electron chi connectivity index (χ2n) is 7.84. The molecule has 2 saturated heterocycles. The van der Waals surface area contributed by atoms with E-state index in [1.54, 1.807) is 0 Å². The van der Waals surface area contributed by atoms with Crippen molar-refractivity contribution in [3.63, 3.8) is 0 Å². The smallest absolute Gasteiger partial charge is 0.240 e. The van der Waals surface area contributed by atoms with Gasteiger partial charge in [0.2, 0.25) is 11.8 Å². The van der Waals surface area contributed by atoms with Gasteiger partial charge in [0.05, 0.1) is 12.1 Å². The van der Waals surface area contributed by atoms with Gasteiger partial charge in [-0.15, -0.1) is 24.8 Å². The predicted octanol–water partition coefficient (Wildman–Crippen LogP) is 1.52. The molecule has 0 spiro atoms. The Labute approximate surface area is 170 Å². The number of carbonyl (C=O) groups excluding carboxylic acids is 2. The molecular formula is C18H36Cl2N4O2. The number of halogens is 2. The van der Waals surface area contributed by atoms with Crippen LogP contribution in [0.2, 0.25) is 0 Å². The third-order valence-electron chi connectivity index (χ3n) is 5.21. The molecule has 0 bridgehead atoms. The van der Waals surface area contributed by atoms with Gasteiger partial charge in [-0.05, 0) is 58.2 Å². The second kappa shape index (κ2) is 12.0. The molecule has 2 unspecified atom stereocenters. The van der Waals surface area contributed by atoms with Crippen LogP contribution in [0.3, 0.4) is 0 Å². The molecule has 0 aliphatic carbocycles. The van der Waals surface area contributed by atoms with E-state index >= 15 is 0 Å². The summed E-state index contributed by atoms with van der Waals surface area (Å²) in [5, 5.41) is 6.31. The van der Waals surface area contributed by atoms with Gasteiger partial charge in [-0.2, -0.15) is 0 Å². The minimum atomic E-state index is -0.0685. The zero-order chi connectivity index (χ0) is 17.7. The van der Waals surface area contributed by atoms with Crippen LogP contribution in [0, 0.1) is 11.8 Å². The molecule has 0 aromatic carbocycles. The minimum Gasteiger partial charge on any atom is -0.354 e. The molecule has 2 aliphatic rings. The molecule has 3 atom stereocenters. The number of nitrogens with zero attached hydrogens (tertiary/aromatic N) is 2. The first kappa shape index (κ1) is 25.4. The number of likely N-dealkylation sites (tertiary alicyclic amines) is 1. The zero-order valence-corrected chi connectivity index (χ0v) is 18.1. The Morgan fingerprint density at radius 1 is 1.19 bits per heavy atom. The summed E-state index contributed by atoms with van der Waals surface area (Å²) in [6.45, 7) is 7.40. The molecule has 0 radical (unpaired) electrons. The predicted molar refractivity (Wildman–Crippen MR) is 110 cm³/mol. The maximum atomic E-state index is 12.9. The van der Waals surface area contributed by atoms with Gasteiger partial charge in [0.1, 0.15) is 0 Å². The van der Waals surface area contributed by atoms with E-state index in [1.165, 1.54) is 0 Å². The molecule has 8 heteroatoms. The van der Waals surface area contributed by atoms with E-state index < -0.39 is 0 Å². The van der Waals surface area contributed by atoms with Crippen molar-refractivity contribution in [1.82, 2.24) is 20.4 Å². The van der Waals surface area contributed by atoms with Crippen LogP contribution in [0.25, 0.3) is 0 Å². The summed E-state index contributed by atoms with van der Waals surface area (Å²) in [5.41, 5.74) is 0. The van der Waals surface area contributed by atoms with Crippen molar-refractivity contribution in [1.29, 1.82) is 0 Å². The monoisotopic (exact) mass is 410 g/mol. The van der Waals surface area contributed by atoms with E-state index in [4.69, 9.17) is 0 Å². The van der Waals surface area contributed by atoms with Gasteiger partial charge in [0, 0.05) is 19.6 Å². The molecule has 2 heterocycles. The average Bonchev–Trinajstić information content (AvgIpc) is 3.06. The maximum Gasteiger partial charge on any atom is 0.240 e. The van der Waals surface area contributed by atoms with Crippen LogP contribution in [-0.2, 0) is 9.59 Å². The van der Waals surface area contributed by atoms with Gasteiger partial charge in [0.25, 0.3) is 0 Å². The van der Waals surface area contributed by atoms with Crippen LogP contribution in [0.4, 0.5) is 0 Å². The first-order valence-corrected chi connectivity index (χ1v) is 9.36. The highest BCUT2D eigenvalue weighted by molar-refractivity contribution is 5.85. The second-order valence-corrected chi connectivity index (χ2v) is 7.84. The number of piperidine rings is 1. The lowest BCUT2D eigenvalue weighted by molar-refractivity contribution is -0.139. The van der Waals surface area contributed by atoms with Gasteiger partial charge in [0.15, 0.2) is 0 Å². The lowest BCUT2D eigenvalue weighted by Gasteiger charge is -2.38. The SMILES string of the molecule is CC(C)[C@@H](C(=O)N1CCCC(CNC(=O)C2CCCN2)C1)N(C)C.Cl.Cl. The lowest BCUT2D eigenvalue weighted by atomic mass is 9.95. The van der Waals surface area contributed by atoms with Gasteiger partial charge in [-0.1, -0.05) is 13.8 Å². The lowest BCUT2D eigenvalue weighted by Crippen LogP contribution is -2.53. The summed E-state index contributed by atoms with van der Waals surface area (Å²) in [5.74, 6) is 0.997. The minimum absolute atomic E-state index is 0. The van der Waals surface area contributed by atoms with E-state index in [0.29, 0.717) is 18.4 Å². The molecule has 2 fully saturated rings. The summed E-state index contributed by atoms with van der Waals surface area (Å²) >= 11 is 0. The highest BCUT2D eigenvalue weighted by Gasteiger charge is 2.32. The topological polar surface area (TPSA) is 64.7 Å². The third kappa shape index (κ3) is 6.87. The van der Waals surface area contributed by atoms with Crippen molar-refractivity contribution in [2.24, 2.45) is 11.8 Å². The molecule has 0 aromatic rings.